The minimum absolute atomic E-state index is 0.290. The van der Waals surface area contributed by atoms with Crippen molar-refractivity contribution in [2.24, 2.45) is 0 Å². The average molecular weight is 1340 g/mol. The fourth-order valence-corrected chi connectivity index (χ4v) is 12.7. The Bertz CT molecular complexity index is 2870. The first-order chi connectivity index (χ1) is 44.6. The summed E-state index contributed by atoms with van der Waals surface area (Å²) in [5.41, 5.74) is 2.55. The number of hydrogen-bond acceptors (Lipinski definition) is 34. The number of ether oxygens (including phenoxy) is 14. The Balaban J connectivity index is 0.888. The summed E-state index contributed by atoms with van der Waals surface area (Å²) in [6.45, 7) is -6.55. The molecule has 14 bridgehead atoms. The summed E-state index contributed by atoms with van der Waals surface area (Å²) in [6.07, 6.45) is -61.1. The van der Waals surface area contributed by atoms with E-state index in [2.05, 4.69) is 4.98 Å². The Morgan fingerprint density at radius 1 is 0.312 bits per heavy atom. The van der Waals surface area contributed by atoms with Gasteiger partial charge in [-0.2, -0.15) is 0 Å². The van der Waals surface area contributed by atoms with Gasteiger partial charge in [-0.1, -0.05) is 30.4 Å². The molecule has 0 spiro atoms. The molecule has 21 fully saturated rings. The minimum Gasteiger partial charge on any atom is -0.394 e. The lowest BCUT2D eigenvalue weighted by Gasteiger charge is -2.50. The number of nitrogens with one attached hydrogen (secondary N) is 1. The van der Waals surface area contributed by atoms with E-state index in [9.17, 15) is 102 Å². The summed E-state index contributed by atoms with van der Waals surface area (Å²) in [5, 5.41) is 226. The van der Waals surface area contributed by atoms with Crippen molar-refractivity contribution in [3.63, 3.8) is 0 Å². The van der Waals surface area contributed by atoms with Crippen LogP contribution < -0.4 is 4.57 Å². The third kappa shape index (κ3) is 14.2. The molecule has 21 aliphatic rings. The number of fused-ring (bicyclic) bond motifs is 1. The standard InChI is InChI=1S/C57H80N2O34/c60-13-24-45-32(68)39(75)53(82-24)90-47-26(15-62)84-55(41(77)34(47)70)92-49-28(17-64)86-57(43(79)36(49)72)93-50-29(18-65)85-56(42(78)35(50)71)91-48-27(16-63)83-54(40(76)33(48)69)89-46-25(14-61)81-52(38(74)31(46)67)87-44-23(80-51(88-45)37(73)30(44)66)12-59-9-7-19(8-10-59)5-6-20-11-58-22-4-2-1-3-21(20)22/h1-11,23-57,60-79H,12-18H2/p+1/t23-,24-,25-,26-,27-,28-,29-,30-,31-,32-,33-,34-,35-,36-,37-,38-,39-,40-,41-,42-,43-,44-,45-,46-,47-,48-,49-,50-,51-,52-,53-,54-,55-,56-,57-/m1/s1. The molecule has 93 heavy (non-hydrogen) atoms. The van der Waals surface area contributed by atoms with Crippen LogP contribution in [0.5, 0.6) is 0 Å². The quantitative estimate of drug-likeness (QED) is 0.0838. The molecule has 35 atom stereocenters. The number of aromatic nitrogens is 2. The van der Waals surface area contributed by atoms with E-state index in [1.807, 2.05) is 42.6 Å². The Hall–Kier alpha value is -3.71. The molecule has 2 aromatic heterocycles. The van der Waals surface area contributed by atoms with Gasteiger partial charge in [0, 0.05) is 29.2 Å². The van der Waals surface area contributed by atoms with E-state index in [1.165, 1.54) is 0 Å². The summed E-state index contributed by atoms with van der Waals surface area (Å²) < 4.78 is 83.7. The number of aromatic amines is 1. The number of hydrogen-bond donors (Lipinski definition) is 21. The first-order valence-electron chi connectivity index (χ1n) is 30.2. The van der Waals surface area contributed by atoms with Crippen LogP contribution in [0.1, 0.15) is 11.1 Å². The van der Waals surface area contributed by atoms with Crippen molar-refractivity contribution in [2.45, 2.75) is 221 Å². The summed E-state index contributed by atoms with van der Waals surface area (Å²) in [6, 6.07) is 11.1. The topological polar surface area (TPSA) is 553 Å². The normalized spacial score (nSPS) is 48.0. The molecule has 0 amide bonds. The van der Waals surface area contributed by atoms with E-state index in [4.69, 9.17) is 66.3 Å². The number of aliphatic hydroxyl groups excluding tert-OH is 20. The lowest BCUT2D eigenvalue weighted by atomic mass is 9.95. The second kappa shape index (κ2) is 30.2. The first kappa shape index (κ1) is 70.6. The van der Waals surface area contributed by atoms with E-state index < -0.39 is 255 Å². The van der Waals surface area contributed by atoms with Crippen molar-refractivity contribution in [2.75, 3.05) is 39.6 Å². The maximum atomic E-state index is 12.0. The van der Waals surface area contributed by atoms with Gasteiger partial charge in [0.1, 0.15) is 171 Å². The smallest absolute Gasteiger partial charge is 0.187 e. The number of benzene rings is 1. The maximum Gasteiger partial charge on any atom is 0.187 e. The van der Waals surface area contributed by atoms with Crippen LogP contribution in [-0.4, -0.2) is 362 Å². The second-order valence-electron chi connectivity index (χ2n) is 23.9. The number of H-pyrrole nitrogens is 1. The predicted octanol–water partition coefficient (Wildman–Crippen LogP) is -11.6. The molecule has 23 heterocycles. The van der Waals surface area contributed by atoms with Crippen molar-refractivity contribution < 1.29 is 173 Å². The van der Waals surface area contributed by atoms with Gasteiger partial charge in [0.05, 0.1) is 39.6 Å². The molecular weight excluding hydrogens is 1260 g/mol. The molecule has 21 saturated heterocycles. The van der Waals surface area contributed by atoms with Crippen LogP contribution in [0, 0.1) is 0 Å². The molecule has 0 radical (unpaired) electrons. The van der Waals surface area contributed by atoms with Crippen LogP contribution in [0.3, 0.4) is 0 Å². The molecule has 36 nitrogen and oxygen atoms in total. The van der Waals surface area contributed by atoms with Crippen molar-refractivity contribution in [1.82, 2.24) is 4.98 Å². The van der Waals surface area contributed by atoms with E-state index in [-0.39, 0.29) is 6.54 Å². The minimum atomic E-state index is -2.21. The van der Waals surface area contributed by atoms with Gasteiger partial charge in [-0.05, 0) is 17.2 Å². The summed E-state index contributed by atoms with van der Waals surface area (Å²) in [7, 11) is 0. The molecule has 36 heteroatoms. The summed E-state index contributed by atoms with van der Waals surface area (Å²) in [5.74, 6) is 0. The van der Waals surface area contributed by atoms with Crippen LogP contribution in [0.15, 0.2) is 55.0 Å². The van der Waals surface area contributed by atoms with Crippen molar-refractivity contribution in [3.05, 3.63) is 66.1 Å². The highest BCUT2D eigenvalue weighted by Gasteiger charge is 2.60. The molecule has 0 saturated carbocycles. The van der Waals surface area contributed by atoms with Crippen LogP contribution >= 0.6 is 0 Å². The molecule has 21 N–H and O–H groups in total. The van der Waals surface area contributed by atoms with Gasteiger partial charge in [0.15, 0.2) is 63.0 Å². The van der Waals surface area contributed by atoms with E-state index in [1.54, 1.807) is 29.1 Å². The highest BCUT2D eigenvalue weighted by Crippen LogP contribution is 2.39. The van der Waals surface area contributed by atoms with Crippen molar-refractivity contribution in [1.29, 1.82) is 0 Å². The Morgan fingerprint density at radius 2 is 0.570 bits per heavy atom. The Morgan fingerprint density at radius 3 is 0.849 bits per heavy atom. The number of para-hydroxylation sites is 1. The molecule has 0 aliphatic carbocycles. The second-order valence-corrected chi connectivity index (χ2v) is 23.9. The number of pyridine rings is 1. The Labute approximate surface area is 527 Å². The van der Waals surface area contributed by atoms with E-state index >= 15 is 0 Å². The molecular formula is C57H81N2O34+. The van der Waals surface area contributed by atoms with Gasteiger partial charge in [0.2, 0.25) is 0 Å². The number of aliphatic hydroxyl groups is 20. The lowest BCUT2D eigenvalue weighted by Crippen LogP contribution is -2.68. The summed E-state index contributed by atoms with van der Waals surface area (Å²) in [4.78, 5) is 3.21. The summed E-state index contributed by atoms with van der Waals surface area (Å²) >= 11 is 0. The Kier molecular flexibility index (Phi) is 22.9. The highest BCUT2D eigenvalue weighted by molar-refractivity contribution is 5.91. The fourth-order valence-electron chi connectivity index (χ4n) is 12.7. The zero-order valence-electron chi connectivity index (χ0n) is 49.1. The number of rotatable bonds is 10. The van der Waals surface area contributed by atoms with Gasteiger partial charge in [-0.3, -0.25) is 0 Å². The third-order valence-corrected chi connectivity index (χ3v) is 18.0. The largest absolute Gasteiger partial charge is 0.394 e. The van der Waals surface area contributed by atoms with Gasteiger partial charge in [-0.15, -0.1) is 0 Å². The zero-order valence-corrected chi connectivity index (χ0v) is 49.1. The zero-order chi connectivity index (χ0) is 66.4. The van der Waals surface area contributed by atoms with Crippen molar-refractivity contribution >= 4 is 23.1 Å². The first-order valence-corrected chi connectivity index (χ1v) is 30.2. The highest BCUT2D eigenvalue weighted by atomic mass is 16.8. The SMILES string of the molecule is OC[C@H]1O[C@@H]2O[C@H]3[C@H](O)[C@@H](O)[C@@H](O[C@H]4[C@H](O)[C@@H](O)[C@@H](O[C@H]5[C@H](O)[C@@H](O)[C@@H](O[C@H]6[C@H](O)[C@@H](O)[C@@H](O[C@H]7[C@H](O)[C@@H](O)[C@@H](O[C@H]8[C@H](O)[C@@H](O)[C@@H](O[C@H]1[C@H](O)[C@H]2O)O[C@@H]8CO)O[C@@H]7CO)O[C@@H]6CO)O[C@@H]5C[n+]1ccc(C=Cc2c[nH]c5ccccc25)cc1)O[C@@H]4CO)O[C@@H]3CO. The lowest BCUT2D eigenvalue weighted by molar-refractivity contribution is -0.707. The van der Waals surface area contributed by atoms with Gasteiger partial charge in [-0.25, -0.2) is 4.57 Å². The maximum absolute atomic E-state index is 12.0. The number of nitrogens with zero attached hydrogens (tertiary/aromatic N) is 1. The van der Waals surface area contributed by atoms with E-state index in [0.29, 0.717) is 0 Å². The van der Waals surface area contributed by atoms with Gasteiger partial charge in [0.25, 0.3) is 0 Å². The van der Waals surface area contributed by atoms with Crippen molar-refractivity contribution in [3.8, 4) is 0 Å². The van der Waals surface area contributed by atoms with Gasteiger partial charge < -0.3 is 173 Å². The average Bonchev–Trinajstić information content (AvgIpc) is 1.41. The van der Waals surface area contributed by atoms with Crippen LogP contribution in [0.25, 0.3) is 23.1 Å². The predicted molar refractivity (Wildman–Crippen MR) is 295 cm³/mol. The molecule has 21 aliphatic heterocycles. The van der Waals surface area contributed by atoms with Crippen LogP contribution in [-0.2, 0) is 72.9 Å². The van der Waals surface area contributed by atoms with Crippen LogP contribution in [0.4, 0.5) is 0 Å². The monoisotopic (exact) mass is 1340 g/mol. The molecule has 1 aromatic carbocycles. The third-order valence-electron chi connectivity index (χ3n) is 18.0. The molecule has 3 aromatic rings. The molecule has 522 valence electrons. The van der Waals surface area contributed by atoms with Crippen LogP contribution in [0.2, 0.25) is 0 Å². The van der Waals surface area contributed by atoms with Gasteiger partial charge >= 0.3 is 0 Å². The fraction of sp³-hybridized carbons (Fsp3) is 0.737. The van der Waals surface area contributed by atoms with E-state index in [0.717, 1.165) is 22.0 Å². The molecule has 24 rings (SSSR count). The molecule has 0 unspecified atom stereocenters.